The molecule has 1 aliphatic heterocycles. The van der Waals surface area contributed by atoms with Crippen LogP contribution < -0.4 is 0 Å². The number of rotatable bonds is 8. The molecule has 0 aromatic carbocycles. The first kappa shape index (κ1) is 16.9. The molecule has 122 valence electrons. The van der Waals surface area contributed by atoms with Crippen molar-refractivity contribution in [1.82, 2.24) is 14.8 Å². The minimum Gasteiger partial charge on any atom is -0.377 e. The first-order valence-corrected chi connectivity index (χ1v) is 8.23. The Morgan fingerprint density at radius 2 is 2.23 bits per heavy atom. The molecule has 0 saturated carbocycles. The average Bonchev–Trinajstić information content (AvgIpc) is 3.02. The largest absolute Gasteiger partial charge is 0.377 e. The first-order chi connectivity index (χ1) is 10.7. The molecule has 1 aromatic heterocycles. The van der Waals surface area contributed by atoms with Crippen LogP contribution in [0.15, 0.2) is 24.5 Å². The molecule has 1 atom stereocenters. The molecule has 0 unspecified atom stereocenters. The number of ether oxygens (including phenoxy) is 1. The maximum absolute atomic E-state index is 12.4. The number of likely N-dealkylation sites (N-methyl/N-ethyl adjacent to an activating group) is 1. The van der Waals surface area contributed by atoms with Gasteiger partial charge in [-0.1, -0.05) is 6.07 Å². The van der Waals surface area contributed by atoms with Gasteiger partial charge in [-0.15, -0.1) is 0 Å². The number of carbonyl (C=O) groups is 1. The van der Waals surface area contributed by atoms with Crippen molar-refractivity contribution in [3.8, 4) is 0 Å². The summed E-state index contributed by atoms with van der Waals surface area (Å²) < 4.78 is 5.73. The van der Waals surface area contributed by atoms with Crippen LogP contribution in [0.5, 0.6) is 0 Å². The van der Waals surface area contributed by atoms with E-state index in [2.05, 4.69) is 16.0 Å². The fourth-order valence-corrected chi connectivity index (χ4v) is 2.88. The van der Waals surface area contributed by atoms with Crippen LogP contribution in [-0.2, 0) is 16.1 Å². The second kappa shape index (κ2) is 8.86. The molecule has 0 N–H and O–H groups in total. The van der Waals surface area contributed by atoms with E-state index in [9.17, 15) is 4.79 Å². The van der Waals surface area contributed by atoms with Crippen LogP contribution in [-0.4, -0.2) is 59.6 Å². The minimum absolute atomic E-state index is 0.187. The van der Waals surface area contributed by atoms with Gasteiger partial charge in [0.15, 0.2) is 0 Å². The zero-order chi connectivity index (χ0) is 15.8. The lowest BCUT2D eigenvalue weighted by Gasteiger charge is -2.27. The molecule has 5 heteroatoms. The van der Waals surface area contributed by atoms with Gasteiger partial charge in [0, 0.05) is 45.2 Å². The molecule has 2 rings (SSSR count). The van der Waals surface area contributed by atoms with E-state index < -0.39 is 0 Å². The summed E-state index contributed by atoms with van der Waals surface area (Å²) in [4.78, 5) is 20.6. The molecule has 1 saturated heterocycles. The van der Waals surface area contributed by atoms with Crippen LogP contribution in [0.1, 0.15) is 32.3 Å². The molecule has 1 fully saturated rings. The summed E-state index contributed by atoms with van der Waals surface area (Å²) in [5.74, 6) is 0.187. The number of nitrogens with zero attached hydrogens (tertiary/aromatic N) is 3. The molecule has 2 heterocycles. The Hall–Kier alpha value is -1.46. The molecule has 22 heavy (non-hydrogen) atoms. The van der Waals surface area contributed by atoms with E-state index in [4.69, 9.17) is 4.74 Å². The second-order valence-electron chi connectivity index (χ2n) is 5.73. The van der Waals surface area contributed by atoms with Crippen molar-refractivity contribution >= 4 is 5.91 Å². The molecular weight excluding hydrogens is 278 g/mol. The number of hydrogen-bond donors (Lipinski definition) is 0. The van der Waals surface area contributed by atoms with Crippen LogP contribution in [0.3, 0.4) is 0 Å². The number of pyridine rings is 1. The molecule has 0 spiro atoms. The highest BCUT2D eigenvalue weighted by molar-refractivity contribution is 5.78. The van der Waals surface area contributed by atoms with Gasteiger partial charge in [-0.2, -0.15) is 0 Å². The van der Waals surface area contributed by atoms with E-state index in [1.807, 2.05) is 31.0 Å². The topological polar surface area (TPSA) is 45.7 Å². The summed E-state index contributed by atoms with van der Waals surface area (Å²) >= 11 is 0. The Kier molecular flexibility index (Phi) is 6.80. The van der Waals surface area contributed by atoms with Gasteiger partial charge in [-0.25, -0.2) is 0 Å². The highest BCUT2D eigenvalue weighted by Crippen LogP contribution is 2.15. The number of carbonyl (C=O) groups excluding carboxylic acids is 1. The summed E-state index contributed by atoms with van der Waals surface area (Å²) in [5.41, 5.74) is 1.13. The van der Waals surface area contributed by atoms with Gasteiger partial charge < -0.3 is 9.64 Å². The van der Waals surface area contributed by atoms with Crippen molar-refractivity contribution in [3.05, 3.63) is 30.1 Å². The van der Waals surface area contributed by atoms with Gasteiger partial charge in [0.25, 0.3) is 0 Å². The standard InChI is InChI=1S/C17H27N3O2/c1-3-20(4-2)17(21)14-19(13-16-8-6-10-22-16)12-15-7-5-9-18-11-15/h5,7,9,11,16H,3-4,6,8,10,12-14H2,1-2H3/t16-/m0/s1. The third-order valence-corrected chi connectivity index (χ3v) is 4.09. The van der Waals surface area contributed by atoms with Gasteiger partial charge in [0.2, 0.25) is 5.91 Å². The van der Waals surface area contributed by atoms with Gasteiger partial charge in [0.1, 0.15) is 0 Å². The van der Waals surface area contributed by atoms with E-state index in [0.29, 0.717) is 6.54 Å². The maximum Gasteiger partial charge on any atom is 0.236 e. The summed E-state index contributed by atoms with van der Waals surface area (Å²) in [6.07, 6.45) is 6.10. The van der Waals surface area contributed by atoms with Crippen LogP contribution in [0.25, 0.3) is 0 Å². The van der Waals surface area contributed by atoms with E-state index >= 15 is 0 Å². The van der Waals surface area contributed by atoms with Crippen LogP contribution in [0.2, 0.25) is 0 Å². The monoisotopic (exact) mass is 305 g/mol. The van der Waals surface area contributed by atoms with E-state index in [0.717, 1.165) is 51.2 Å². The summed E-state index contributed by atoms with van der Waals surface area (Å²) in [7, 11) is 0. The molecule has 5 nitrogen and oxygen atoms in total. The fraction of sp³-hybridized carbons (Fsp3) is 0.647. The van der Waals surface area contributed by atoms with Crippen LogP contribution in [0.4, 0.5) is 0 Å². The van der Waals surface area contributed by atoms with Gasteiger partial charge in [-0.3, -0.25) is 14.7 Å². The van der Waals surface area contributed by atoms with Crippen molar-refractivity contribution in [1.29, 1.82) is 0 Å². The molecule has 1 aliphatic rings. The van der Waals surface area contributed by atoms with E-state index in [1.54, 1.807) is 6.20 Å². The van der Waals surface area contributed by atoms with Crippen molar-refractivity contribution in [2.45, 2.75) is 39.3 Å². The number of hydrogen-bond acceptors (Lipinski definition) is 4. The summed E-state index contributed by atoms with van der Waals surface area (Å²) in [6, 6.07) is 3.99. The predicted molar refractivity (Wildman–Crippen MR) is 86.4 cm³/mol. The van der Waals surface area contributed by atoms with Crippen molar-refractivity contribution in [3.63, 3.8) is 0 Å². The molecular formula is C17H27N3O2. The molecule has 0 bridgehead atoms. The third-order valence-electron chi connectivity index (χ3n) is 4.09. The SMILES string of the molecule is CCN(CC)C(=O)CN(Cc1cccnc1)C[C@@H]1CCCO1. The Morgan fingerprint density at radius 1 is 1.41 bits per heavy atom. The van der Waals surface area contributed by atoms with Gasteiger partial charge in [-0.05, 0) is 38.3 Å². The first-order valence-electron chi connectivity index (χ1n) is 8.23. The Labute approximate surface area is 133 Å². The third kappa shape index (κ3) is 5.07. The Bertz CT molecular complexity index is 442. The minimum atomic E-state index is 0.187. The second-order valence-corrected chi connectivity index (χ2v) is 5.73. The summed E-state index contributed by atoms with van der Waals surface area (Å²) in [6.45, 7) is 8.39. The smallest absolute Gasteiger partial charge is 0.236 e. The Balaban J connectivity index is 1.98. The van der Waals surface area contributed by atoms with Crippen molar-refractivity contribution in [2.24, 2.45) is 0 Å². The lowest BCUT2D eigenvalue weighted by Crippen LogP contribution is -2.42. The zero-order valence-electron chi connectivity index (χ0n) is 13.7. The predicted octanol–water partition coefficient (Wildman–Crippen LogP) is 1.93. The molecule has 0 aliphatic carbocycles. The fourth-order valence-electron chi connectivity index (χ4n) is 2.88. The molecule has 0 radical (unpaired) electrons. The lowest BCUT2D eigenvalue weighted by molar-refractivity contribution is -0.132. The molecule has 1 aromatic rings. The van der Waals surface area contributed by atoms with Crippen molar-refractivity contribution < 1.29 is 9.53 Å². The normalized spacial score (nSPS) is 17.9. The van der Waals surface area contributed by atoms with E-state index in [1.165, 1.54) is 0 Å². The zero-order valence-corrected chi connectivity index (χ0v) is 13.7. The van der Waals surface area contributed by atoms with Crippen LogP contribution in [0, 0.1) is 0 Å². The summed E-state index contributed by atoms with van der Waals surface area (Å²) in [5, 5.41) is 0. The van der Waals surface area contributed by atoms with Gasteiger partial charge in [0.05, 0.1) is 12.6 Å². The van der Waals surface area contributed by atoms with Gasteiger partial charge >= 0.3 is 0 Å². The van der Waals surface area contributed by atoms with Crippen molar-refractivity contribution in [2.75, 3.05) is 32.8 Å². The Morgan fingerprint density at radius 3 is 2.82 bits per heavy atom. The highest BCUT2D eigenvalue weighted by atomic mass is 16.5. The van der Waals surface area contributed by atoms with Crippen LogP contribution >= 0.6 is 0 Å². The highest BCUT2D eigenvalue weighted by Gasteiger charge is 2.22. The quantitative estimate of drug-likeness (QED) is 0.736. The number of amides is 1. The molecule has 1 amide bonds. The average molecular weight is 305 g/mol. The van der Waals surface area contributed by atoms with E-state index in [-0.39, 0.29) is 12.0 Å². The maximum atomic E-state index is 12.4. The lowest BCUT2D eigenvalue weighted by atomic mass is 10.2. The number of aromatic nitrogens is 1.